The predicted octanol–water partition coefficient (Wildman–Crippen LogP) is 4.76. The Hall–Kier alpha value is -2.62. The van der Waals surface area contributed by atoms with E-state index in [1.165, 1.54) is 0 Å². The number of morpholine rings is 1. The zero-order valence-electron chi connectivity index (χ0n) is 16.5. The average molecular weight is 453 g/mol. The molecule has 1 aromatic carbocycles. The molecular weight excluding hydrogens is 433 g/mol. The van der Waals surface area contributed by atoms with Gasteiger partial charge in [0.1, 0.15) is 24.0 Å². The van der Waals surface area contributed by atoms with E-state index in [1.54, 1.807) is 18.2 Å². The average Bonchev–Trinajstić information content (AvgIpc) is 2.75. The van der Waals surface area contributed by atoms with Crippen LogP contribution in [0.2, 0.25) is 5.02 Å². The van der Waals surface area contributed by atoms with Crippen molar-refractivity contribution in [2.75, 3.05) is 44.8 Å². The van der Waals surface area contributed by atoms with Gasteiger partial charge in [0.05, 0.1) is 29.3 Å². The Morgan fingerprint density at radius 2 is 1.90 bits per heavy atom. The van der Waals surface area contributed by atoms with Gasteiger partial charge in [-0.3, -0.25) is 4.90 Å². The fourth-order valence-electron chi connectivity index (χ4n) is 3.24. The zero-order chi connectivity index (χ0) is 21.8. The largest absolute Gasteiger partial charge is 0.492 e. The number of anilines is 2. The van der Waals surface area contributed by atoms with Gasteiger partial charge in [-0.25, -0.2) is 9.97 Å². The number of halogens is 4. The molecule has 1 aliphatic heterocycles. The molecule has 0 radical (unpaired) electrons. The van der Waals surface area contributed by atoms with Crippen LogP contribution in [-0.4, -0.2) is 54.3 Å². The first-order valence-corrected chi connectivity index (χ1v) is 10.1. The van der Waals surface area contributed by atoms with Crippen molar-refractivity contribution in [1.82, 2.24) is 14.9 Å². The van der Waals surface area contributed by atoms with E-state index in [-0.39, 0.29) is 5.82 Å². The molecule has 164 valence electrons. The summed E-state index contributed by atoms with van der Waals surface area (Å²) in [5, 5.41) is 3.94. The van der Waals surface area contributed by atoms with Crippen molar-refractivity contribution in [3.05, 3.63) is 53.2 Å². The van der Waals surface area contributed by atoms with E-state index < -0.39 is 11.7 Å². The molecule has 4 rings (SSSR count). The lowest BCUT2D eigenvalue weighted by molar-refractivity contribution is -0.137. The van der Waals surface area contributed by atoms with Crippen LogP contribution in [0.4, 0.5) is 24.8 Å². The summed E-state index contributed by atoms with van der Waals surface area (Å²) in [4.78, 5) is 10.6. The Morgan fingerprint density at radius 3 is 2.68 bits per heavy atom. The van der Waals surface area contributed by atoms with Crippen molar-refractivity contribution >= 4 is 34.1 Å². The summed E-state index contributed by atoms with van der Waals surface area (Å²) >= 11 is 6.39. The molecule has 0 aliphatic carbocycles. The van der Waals surface area contributed by atoms with Crippen molar-refractivity contribution < 1.29 is 22.6 Å². The molecule has 3 aromatic rings. The minimum atomic E-state index is -4.45. The van der Waals surface area contributed by atoms with E-state index in [9.17, 15) is 13.2 Å². The van der Waals surface area contributed by atoms with Gasteiger partial charge >= 0.3 is 6.18 Å². The lowest BCUT2D eigenvalue weighted by Gasteiger charge is -2.26. The highest BCUT2D eigenvalue weighted by Gasteiger charge is 2.30. The van der Waals surface area contributed by atoms with Gasteiger partial charge < -0.3 is 14.8 Å². The Kier molecular flexibility index (Phi) is 6.45. The third-order valence-corrected chi connectivity index (χ3v) is 5.13. The Bertz CT molecular complexity index is 1060. The van der Waals surface area contributed by atoms with Gasteiger partial charge in [-0.15, -0.1) is 0 Å². The number of benzene rings is 1. The summed E-state index contributed by atoms with van der Waals surface area (Å²) in [6, 6.07) is 8.79. The topological polar surface area (TPSA) is 59.5 Å². The van der Waals surface area contributed by atoms with E-state index in [0.717, 1.165) is 56.6 Å². The fourth-order valence-corrected chi connectivity index (χ4v) is 3.50. The molecule has 1 N–H and O–H groups in total. The molecule has 31 heavy (non-hydrogen) atoms. The van der Waals surface area contributed by atoms with Gasteiger partial charge in [0.15, 0.2) is 0 Å². The number of rotatable bonds is 6. The first-order chi connectivity index (χ1) is 14.9. The summed E-state index contributed by atoms with van der Waals surface area (Å²) in [6.45, 7) is 4.57. The van der Waals surface area contributed by atoms with Crippen LogP contribution < -0.4 is 10.1 Å². The Labute approximate surface area is 181 Å². The van der Waals surface area contributed by atoms with Gasteiger partial charge in [0, 0.05) is 37.3 Å². The van der Waals surface area contributed by atoms with Crippen LogP contribution in [0.15, 0.2) is 42.6 Å². The standard InChI is InChI=1S/C21H20ClF3N4O2/c22-17-13-16(31-10-7-29-5-8-30-9-6-29)11-14-1-2-18(28-20(14)17)27-19-12-15(3-4-26-19)21(23,24)25/h1-4,11-13H,5-10H2,(H,26,27,28). The van der Waals surface area contributed by atoms with Gasteiger partial charge in [-0.1, -0.05) is 11.6 Å². The summed E-state index contributed by atoms with van der Waals surface area (Å²) in [5.41, 5.74) is -0.276. The molecule has 0 amide bonds. The van der Waals surface area contributed by atoms with E-state index in [0.29, 0.717) is 28.7 Å². The van der Waals surface area contributed by atoms with Crippen LogP contribution in [-0.2, 0) is 10.9 Å². The van der Waals surface area contributed by atoms with Crippen molar-refractivity contribution in [3.8, 4) is 5.75 Å². The summed E-state index contributed by atoms with van der Waals surface area (Å²) < 4.78 is 49.8. The molecule has 0 saturated carbocycles. The number of nitrogens with one attached hydrogen (secondary N) is 1. The molecule has 0 unspecified atom stereocenters. The molecule has 0 spiro atoms. The van der Waals surface area contributed by atoms with Crippen molar-refractivity contribution in [1.29, 1.82) is 0 Å². The smallest absolute Gasteiger partial charge is 0.416 e. The number of nitrogens with zero attached hydrogens (tertiary/aromatic N) is 3. The van der Waals surface area contributed by atoms with Crippen molar-refractivity contribution in [2.45, 2.75) is 6.18 Å². The highest BCUT2D eigenvalue weighted by Crippen LogP contribution is 2.32. The maximum atomic E-state index is 12.9. The monoisotopic (exact) mass is 452 g/mol. The van der Waals surface area contributed by atoms with Crippen molar-refractivity contribution in [3.63, 3.8) is 0 Å². The number of ether oxygens (including phenoxy) is 2. The van der Waals surface area contributed by atoms with Gasteiger partial charge in [-0.2, -0.15) is 13.2 Å². The number of pyridine rings is 2. The first kappa shape index (κ1) is 21.6. The van der Waals surface area contributed by atoms with Crippen LogP contribution in [0.5, 0.6) is 5.75 Å². The quantitative estimate of drug-likeness (QED) is 0.582. The number of hydrogen-bond acceptors (Lipinski definition) is 6. The van der Waals surface area contributed by atoms with E-state index in [1.807, 2.05) is 6.07 Å². The van der Waals surface area contributed by atoms with Crippen LogP contribution >= 0.6 is 11.6 Å². The second-order valence-corrected chi connectivity index (χ2v) is 7.44. The Morgan fingerprint density at radius 1 is 1.10 bits per heavy atom. The van der Waals surface area contributed by atoms with E-state index in [4.69, 9.17) is 21.1 Å². The third kappa shape index (κ3) is 5.55. The number of fused-ring (bicyclic) bond motifs is 1. The van der Waals surface area contributed by atoms with Crippen LogP contribution in [0.3, 0.4) is 0 Å². The van der Waals surface area contributed by atoms with Crippen LogP contribution in [0.1, 0.15) is 5.56 Å². The molecule has 10 heteroatoms. The van der Waals surface area contributed by atoms with E-state index >= 15 is 0 Å². The fraction of sp³-hybridized carbons (Fsp3) is 0.333. The lowest BCUT2D eigenvalue weighted by atomic mass is 10.2. The molecule has 1 fully saturated rings. The number of alkyl halides is 3. The van der Waals surface area contributed by atoms with Gasteiger partial charge in [0.2, 0.25) is 0 Å². The SMILES string of the molecule is FC(F)(F)c1ccnc(Nc2ccc3cc(OCCN4CCOCC4)cc(Cl)c3n2)c1. The highest BCUT2D eigenvalue weighted by molar-refractivity contribution is 6.35. The van der Waals surface area contributed by atoms with Gasteiger partial charge in [0.25, 0.3) is 0 Å². The molecule has 3 heterocycles. The molecule has 0 atom stereocenters. The molecule has 6 nitrogen and oxygen atoms in total. The Balaban J connectivity index is 1.45. The maximum absolute atomic E-state index is 12.9. The normalized spacial score (nSPS) is 15.2. The van der Waals surface area contributed by atoms with Gasteiger partial charge in [-0.05, 0) is 30.3 Å². The van der Waals surface area contributed by atoms with Crippen LogP contribution in [0, 0.1) is 0 Å². The van der Waals surface area contributed by atoms with Crippen LogP contribution in [0.25, 0.3) is 10.9 Å². The third-order valence-electron chi connectivity index (χ3n) is 4.84. The second-order valence-electron chi connectivity index (χ2n) is 7.03. The van der Waals surface area contributed by atoms with Crippen molar-refractivity contribution in [2.24, 2.45) is 0 Å². The number of hydrogen-bond donors (Lipinski definition) is 1. The predicted molar refractivity (Wildman–Crippen MR) is 112 cm³/mol. The summed E-state index contributed by atoms with van der Waals surface area (Å²) in [7, 11) is 0. The first-order valence-electron chi connectivity index (χ1n) is 9.72. The second kappa shape index (κ2) is 9.25. The molecule has 2 aromatic heterocycles. The summed E-state index contributed by atoms with van der Waals surface area (Å²) in [5.74, 6) is 1.01. The number of aromatic nitrogens is 2. The summed E-state index contributed by atoms with van der Waals surface area (Å²) in [6.07, 6.45) is -3.35. The zero-order valence-corrected chi connectivity index (χ0v) is 17.2. The van der Waals surface area contributed by atoms with E-state index in [2.05, 4.69) is 20.2 Å². The molecular formula is C21H20ClF3N4O2. The molecule has 0 bridgehead atoms. The highest BCUT2D eigenvalue weighted by atomic mass is 35.5. The minimum absolute atomic E-state index is 0.0425. The lowest BCUT2D eigenvalue weighted by Crippen LogP contribution is -2.38. The minimum Gasteiger partial charge on any atom is -0.492 e. The molecule has 1 saturated heterocycles. The maximum Gasteiger partial charge on any atom is 0.416 e. The molecule has 1 aliphatic rings.